The molecule has 0 saturated heterocycles. The third-order valence-electron chi connectivity index (χ3n) is 3.06. The number of benzene rings is 1. The first-order valence-corrected chi connectivity index (χ1v) is 7.48. The molecular formula is C15H20FNS. The Morgan fingerprint density at radius 2 is 2.06 bits per heavy atom. The maximum Gasteiger partial charge on any atom is 0.124 e. The van der Waals surface area contributed by atoms with Crippen molar-refractivity contribution in [1.29, 1.82) is 0 Å². The lowest BCUT2D eigenvalue weighted by molar-refractivity contribution is 0.501. The Labute approximate surface area is 112 Å². The van der Waals surface area contributed by atoms with Gasteiger partial charge in [-0.2, -0.15) is 0 Å². The van der Waals surface area contributed by atoms with Crippen molar-refractivity contribution in [3.05, 3.63) is 35.0 Å². The Balaban J connectivity index is 2.26. The zero-order valence-corrected chi connectivity index (χ0v) is 11.8. The van der Waals surface area contributed by atoms with Gasteiger partial charge in [-0.1, -0.05) is 26.3 Å². The van der Waals surface area contributed by atoms with Gasteiger partial charge in [0.25, 0.3) is 0 Å². The molecule has 0 aliphatic heterocycles. The summed E-state index contributed by atoms with van der Waals surface area (Å²) in [5.74, 6) is -0.149. The van der Waals surface area contributed by atoms with Crippen LogP contribution in [0.3, 0.4) is 0 Å². The lowest BCUT2D eigenvalue weighted by Crippen LogP contribution is -2.21. The largest absolute Gasteiger partial charge is 0.309 e. The van der Waals surface area contributed by atoms with Crippen molar-refractivity contribution in [1.82, 2.24) is 5.32 Å². The molecule has 0 aliphatic carbocycles. The topological polar surface area (TPSA) is 12.0 Å². The van der Waals surface area contributed by atoms with Crippen LogP contribution in [0.25, 0.3) is 10.1 Å². The molecule has 3 heteroatoms. The molecule has 1 aromatic heterocycles. The predicted molar refractivity (Wildman–Crippen MR) is 77.7 cm³/mol. The summed E-state index contributed by atoms with van der Waals surface area (Å²) < 4.78 is 14.2. The van der Waals surface area contributed by atoms with Crippen LogP contribution >= 0.6 is 11.3 Å². The van der Waals surface area contributed by atoms with Crippen molar-refractivity contribution in [2.75, 3.05) is 6.54 Å². The highest BCUT2D eigenvalue weighted by Crippen LogP contribution is 2.32. The average molecular weight is 265 g/mol. The van der Waals surface area contributed by atoms with Crippen molar-refractivity contribution in [3.63, 3.8) is 0 Å². The van der Waals surface area contributed by atoms with Crippen LogP contribution < -0.4 is 5.32 Å². The van der Waals surface area contributed by atoms with Gasteiger partial charge in [-0.25, -0.2) is 4.39 Å². The van der Waals surface area contributed by atoms with Crippen LogP contribution in [0.1, 0.15) is 44.0 Å². The standard InChI is InChI=1S/C15H20FNS/c1-3-5-13(17-8-4-2)15-9-11-6-7-12(16)10-14(11)18-15/h6-7,9-10,13,17H,3-5,8H2,1-2H3. The van der Waals surface area contributed by atoms with E-state index in [-0.39, 0.29) is 5.82 Å². The van der Waals surface area contributed by atoms with Gasteiger partial charge in [0.2, 0.25) is 0 Å². The summed E-state index contributed by atoms with van der Waals surface area (Å²) in [6, 6.07) is 7.64. The first-order chi connectivity index (χ1) is 8.74. The minimum absolute atomic E-state index is 0.149. The molecule has 0 fully saturated rings. The van der Waals surface area contributed by atoms with Gasteiger partial charge in [-0.15, -0.1) is 11.3 Å². The number of hydrogen-bond donors (Lipinski definition) is 1. The van der Waals surface area contributed by atoms with Gasteiger partial charge in [0.1, 0.15) is 5.82 Å². The van der Waals surface area contributed by atoms with Crippen LogP contribution in [0.2, 0.25) is 0 Å². The van der Waals surface area contributed by atoms with Gasteiger partial charge in [0.15, 0.2) is 0 Å². The highest BCUT2D eigenvalue weighted by atomic mass is 32.1. The van der Waals surface area contributed by atoms with Crippen molar-refractivity contribution in [2.24, 2.45) is 0 Å². The second kappa shape index (κ2) is 6.30. The van der Waals surface area contributed by atoms with Crippen molar-refractivity contribution in [2.45, 2.75) is 39.2 Å². The number of nitrogens with one attached hydrogen (secondary N) is 1. The lowest BCUT2D eigenvalue weighted by Gasteiger charge is -2.15. The molecule has 18 heavy (non-hydrogen) atoms. The molecule has 1 nitrogen and oxygen atoms in total. The maximum absolute atomic E-state index is 13.2. The van der Waals surface area contributed by atoms with E-state index < -0.39 is 0 Å². The molecule has 0 radical (unpaired) electrons. The van der Waals surface area contributed by atoms with E-state index in [1.807, 2.05) is 6.07 Å². The minimum atomic E-state index is -0.149. The number of rotatable bonds is 6. The van der Waals surface area contributed by atoms with Crippen molar-refractivity contribution in [3.8, 4) is 0 Å². The molecule has 1 atom stereocenters. The third kappa shape index (κ3) is 3.09. The van der Waals surface area contributed by atoms with Crippen LogP contribution in [-0.4, -0.2) is 6.54 Å². The second-order valence-electron chi connectivity index (χ2n) is 4.63. The molecule has 0 bridgehead atoms. The zero-order chi connectivity index (χ0) is 13.0. The molecule has 98 valence electrons. The molecule has 0 spiro atoms. The molecule has 1 heterocycles. The van der Waals surface area contributed by atoms with E-state index >= 15 is 0 Å². The fraction of sp³-hybridized carbons (Fsp3) is 0.467. The first-order valence-electron chi connectivity index (χ1n) is 6.67. The zero-order valence-electron chi connectivity index (χ0n) is 11.0. The predicted octanol–water partition coefficient (Wildman–Crippen LogP) is 4.88. The van der Waals surface area contributed by atoms with Gasteiger partial charge < -0.3 is 5.32 Å². The smallest absolute Gasteiger partial charge is 0.124 e. The molecule has 1 aromatic carbocycles. The molecule has 1 N–H and O–H groups in total. The van der Waals surface area contributed by atoms with Gasteiger partial charge >= 0.3 is 0 Å². The highest BCUT2D eigenvalue weighted by molar-refractivity contribution is 7.19. The average Bonchev–Trinajstić information content (AvgIpc) is 2.77. The van der Waals surface area contributed by atoms with E-state index in [1.54, 1.807) is 17.4 Å². The second-order valence-corrected chi connectivity index (χ2v) is 5.74. The van der Waals surface area contributed by atoms with E-state index in [0.29, 0.717) is 6.04 Å². The van der Waals surface area contributed by atoms with Crippen molar-refractivity contribution < 1.29 is 4.39 Å². The Morgan fingerprint density at radius 1 is 1.22 bits per heavy atom. The SMILES string of the molecule is CCCNC(CCC)c1cc2ccc(F)cc2s1. The van der Waals surface area contributed by atoms with E-state index in [4.69, 9.17) is 0 Å². The maximum atomic E-state index is 13.2. The first kappa shape index (κ1) is 13.5. The molecule has 0 aliphatic rings. The van der Waals surface area contributed by atoms with Gasteiger partial charge in [0.05, 0.1) is 0 Å². The summed E-state index contributed by atoms with van der Waals surface area (Å²) in [5, 5.41) is 4.73. The normalized spacial score (nSPS) is 13.1. The molecular weight excluding hydrogens is 245 g/mol. The van der Waals surface area contributed by atoms with Crippen LogP contribution in [0, 0.1) is 5.82 Å². The number of hydrogen-bond acceptors (Lipinski definition) is 2. The Morgan fingerprint density at radius 3 is 2.78 bits per heavy atom. The third-order valence-corrected chi connectivity index (χ3v) is 4.27. The van der Waals surface area contributed by atoms with Crippen LogP contribution in [0.5, 0.6) is 0 Å². The molecule has 0 amide bonds. The molecule has 1 unspecified atom stereocenters. The van der Waals surface area contributed by atoms with E-state index in [0.717, 1.165) is 35.9 Å². The summed E-state index contributed by atoms with van der Waals surface area (Å²) in [7, 11) is 0. The number of thiophene rings is 1. The van der Waals surface area contributed by atoms with Crippen LogP contribution in [-0.2, 0) is 0 Å². The van der Waals surface area contributed by atoms with Crippen molar-refractivity contribution >= 4 is 21.4 Å². The number of fused-ring (bicyclic) bond motifs is 1. The molecule has 2 rings (SSSR count). The van der Waals surface area contributed by atoms with Gasteiger partial charge in [0, 0.05) is 15.6 Å². The monoisotopic (exact) mass is 265 g/mol. The van der Waals surface area contributed by atoms with Gasteiger partial charge in [-0.3, -0.25) is 0 Å². The molecule has 0 saturated carbocycles. The van der Waals surface area contributed by atoms with Crippen LogP contribution in [0.15, 0.2) is 24.3 Å². The number of halogens is 1. The van der Waals surface area contributed by atoms with E-state index in [2.05, 4.69) is 25.2 Å². The van der Waals surface area contributed by atoms with E-state index in [9.17, 15) is 4.39 Å². The van der Waals surface area contributed by atoms with Gasteiger partial charge in [-0.05, 0) is 43.0 Å². The summed E-state index contributed by atoms with van der Waals surface area (Å²) in [4.78, 5) is 1.32. The Kier molecular flexibility index (Phi) is 4.72. The Bertz CT molecular complexity index is 506. The summed E-state index contributed by atoms with van der Waals surface area (Å²) in [6.07, 6.45) is 3.43. The van der Waals surface area contributed by atoms with Crippen LogP contribution in [0.4, 0.5) is 4.39 Å². The van der Waals surface area contributed by atoms with E-state index in [1.165, 1.54) is 10.9 Å². The highest BCUT2D eigenvalue weighted by Gasteiger charge is 2.13. The minimum Gasteiger partial charge on any atom is -0.309 e. The molecule has 2 aromatic rings. The Hall–Kier alpha value is -0.930. The fourth-order valence-corrected chi connectivity index (χ4v) is 3.35. The summed E-state index contributed by atoms with van der Waals surface area (Å²) in [6.45, 7) is 5.41. The fourth-order valence-electron chi connectivity index (χ4n) is 2.15. The summed E-state index contributed by atoms with van der Waals surface area (Å²) in [5.41, 5.74) is 0. The quantitative estimate of drug-likeness (QED) is 0.784. The lowest BCUT2D eigenvalue weighted by atomic mass is 10.1. The summed E-state index contributed by atoms with van der Waals surface area (Å²) >= 11 is 1.71.